The first kappa shape index (κ1) is 13.7. The second kappa shape index (κ2) is 6.98. The summed E-state index contributed by atoms with van der Waals surface area (Å²) < 4.78 is 10.3. The number of hydrogen-bond acceptors (Lipinski definition) is 4. The Labute approximate surface area is 116 Å². The fourth-order valence-corrected chi connectivity index (χ4v) is 1.45. The van der Waals surface area contributed by atoms with Crippen LogP contribution >= 0.6 is 0 Å². The second-order valence-electron chi connectivity index (χ2n) is 3.88. The molecule has 2 aromatic rings. The maximum absolute atomic E-state index is 11.5. The molecule has 20 heavy (non-hydrogen) atoms. The van der Waals surface area contributed by atoms with E-state index in [4.69, 9.17) is 9.47 Å². The van der Waals surface area contributed by atoms with Crippen molar-refractivity contribution in [3.05, 3.63) is 48.3 Å². The van der Waals surface area contributed by atoms with E-state index in [1.54, 1.807) is 37.6 Å². The number of nitrogens with one attached hydrogen (secondary N) is 2. The number of carbonyl (C=O) groups is 1. The lowest BCUT2D eigenvalue weighted by Crippen LogP contribution is -2.24. The van der Waals surface area contributed by atoms with Gasteiger partial charge in [0, 0.05) is 6.20 Å². The highest BCUT2D eigenvalue weighted by molar-refractivity contribution is 5.81. The maximum atomic E-state index is 11.5. The van der Waals surface area contributed by atoms with Gasteiger partial charge in [0.25, 0.3) is 5.91 Å². The molecule has 0 saturated carbocycles. The van der Waals surface area contributed by atoms with Crippen LogP contribution in [0.3, 0.4) is 0 Å². The smallest absolute Gasteiger partial charge is 0.277 e. The normalized spacial score (nSPS) is 10.4. The Hall–Kier alpha value is -2.76. The van der Waals surface area contributed by atoms with Crippen molar-refractivity contribution in [3.8, 4) is 11.5 Å². The highest BCUT2D eigenvalue weighted by Crippen LogP contribution is 2.16. The predicted molar refractivity (Wildman–Crippen MR) is 75.0 cm³/mol. The highest BCUT2D eigenvalue weighted by Gasteiger charge is 2.01. The van der Waals surface area contributed by atoms with Crippen LogP contribution in [0.15, 0.2) is 47.7 Å². The molecule has 0 atom stereocenters. The molecule has 2 N–H and O–H groups in total. The number of hydrogen-bond donors (Lipinski definition) is 2. The van der Waals surface area contributed by atoms with Crippen LogP contribution < -0.4 is 14.9 Å². The molecule has 6 nitrogen and oxygen atoms in total. The van der Waals surface area contributed by atoms with Gasteiger partial charge in [-0.15, -0.1) is 0 Å². The SMILES string of the molecule is COc1ccc(OCC(=O)NN=Cc2ccc[nH]2)cc1. The van der Waals surface area contributed by atoms with Gasteiger partial charge in [0.05, 0.1) is 19.0 Å². The summed E-state index contributed by atoms with van der Waals surface area (Å²) in [6, 6.07) is 10.7. The third-order valence-corrected chi connectivity index (χ3v) is 2.44. The van der Waals surface area contributed by atoms with Gasteiger partial charge in [0.2, 0.25) is 0 Å². The summed E-state index contributed by atoms with van der Waals surface area (Å²) in [4.78, 5) is 14.4. The number of aromatic nitrogens is 1. The number of methoxy groups -OCH3 is 1. The molecule has 6 heteroatoms. The molecule has 1 aromatic carbocycles. The Morgan fingerprint density at radius 2 is 2.05 bits per heavy atom. The first-order valence-electron chi connectivity index (χ1n) is 6.00. The van der Waals surface area contributed by atoms with E-state index in [0.29, 0.717) is 5.75 Å². The van der Waals surface area contributed by atoms with Gasteiger partial charge >= 0.3 is 0 Å². The van der Waals surface area contributed by atoms with Crippen LogP contribution in [-0.2, 0) is 4.79 Å². The lowest BCUT2D eigenvalue weighted by Gasteiger charge is -2.05. The number of ether oxygens (including phenoxy) is 2. The van der Waals surface area contributed by atoms with Gasteiger partial charge in [-0.2, -0.15) is 5.10 Å². The predicted octanol–water partition coefficient (Wildman–Crippen LogP) is 1.55. The van der Waals surface area contributed by atoms with Gasteiger partial charge in [-0.25, -0.2) is 5.43 Å². The Morgan fingerprint density at radius 1 is 1.30 bits per heavy atom. The molecular weight excluding hydrogens is 258 g/mol. The summed E-state index contributed by atoms with van der Waals surface area (Å²) in [5.74, 6) is 0.996. The molecule has 1 aromatic heterocycles. The minimum Gasteiger partial charge on any atom is -0.497 e. The lowest BCUT2D eigenvalue weighted by molar-refractivity contribution is -0.123. The van der Waals surface area contributed by atoms with Crippen LogP contribution in [0.1, 0.15) is 5.69 Å². The van der Waals surface area contributed by atoms with Gasteiger partial charge < -0.3 is 14.5 Å². The van der Waals surface area contributed by atoms with Crippen molar-refractivity contribution in [2.45, 2.75) is 0 Å². The van der Waals surface area contributed by atoms with Crippen molar-refractivity contribution in [3.63, 3.8) is 0 Å². The summed E-state index contributed by atoms with van der Waals surface area (Å²) in [5, 5.41) is 3.80. The van der Waals surface area contributed by atoms with Crippen LogP contribution in [0.5, 0.6) is 11.5 Å². The van der Waals surface area contributed by atoms with Gasteiger partial charge in [0.15, 0.2) is 6.61 Å². The summed E-state index contributed by atoms with van der Waals surface area (Å²) in [6.07, 6.45) is 3.29. The third kappa shape index (κ3) is 4.16. The van der Waals surface area contributed by atoms with Crippen LogP contribution in [0.2, 0.25) is 0 Å². The van der Waals surface area contributed by atoms with E-state index >= 15 is 0 Å². The number of nitrogens with zero attached hydrogens (tertiary/aromatic N) is 1. The molecular formula is C14H15N3O3. The summed E-state index contributed by atoms with van der Waals surface area (Å²) >= 11 is 0. The molecule has 1 amide bonds. The van der Waals surface area contributed by atoms with Crippen molar-refractivity contribution < 1.29 is 14.3 Å². The third-order valence-electron chi connectivity index (χ3n) is 2.44. The van der Waals surface area contributed by atoms with Crippen molar-refractivity contribution in [1.29, 1.82) is 0 Å². The van der Waals surface area contributed by atoms with Crippen molar-refractivity contribution in [1.82, 2.24) is 10.4 Å². The largest absolute Gasteiger partial charge is 0.497 e. The van der Waals surface area contributed by atoms with Gasteiger partial charge in [0.1, 0.15) is 11.5 Å². The van der Waals surface area contributed by atoms with Crippen LogP contribution in [0.25, 0.3) is 0 Å². The first-order valence-corrected chi connectivity index (χ1v) is 6.00. The second-order valence-corrected chi connectivity index (χ2v) is 3.88. The zero-order valence-electron chi connectivity index (χ0n) is 11.0. The molecule has 0 radical (unpaired) electrons. The van der Waals surface area contributed by atoms with E-state index in [0.717, 1.165) is 11.4 Å². The topological polar surface area (TPSA) is 75.7 Å². The number of amides is 1. The van der Waals surface area contributed by atoms with E-state index in [9.17, 15) is 4.79 Å². The maximum Gasteiger partial charge on any atom is 0.277 e. The molecule has 104 valence electrons. The number of rotatable bonds is 6. The summed E-state index contributed by atoms with van der Waals surface area (Å²) in [7, 11) is 1.59. The zero-order valence-corrected chi connectivity index (χ0v) is 11.0. The first-order chi connectivity index (χ1) is 9.78. The number of carbonyl (C=O) groups excluding carboxylic acids is 1. The number of hydrazone groups is 1. The standard InChI is InChI=1S/C14H15N3O3/c1-19-12-4-6-13(7-5-12)20-10-14(18)17-16-9-11-3-2-8-15-11/h2-9,15H,10H2,1H3,(H,17,18). The molecule has 0 aliphatic heterocycles. The average molecular weight is 273 g/mol. The Balaban J connectivity index is 1.74. The fourth-order valence-electron chi connectivity index (χ4n) is 1.45. The number of aromatic amines is 1. The van der Waals surface area contributed by atoms with E-state index in [2.05, 4.69) is 15.5 Å². The highest BCUT2D eigenvalue weighted by atomic mass is 16.5. The van der Waals surface area contributed by atoms with Crippen LogP contribution in [0.4, 0.5) is 0 Å². The molecule has 0 aliphatic carbocycles. The zero-order chi connectivity index (χ0) is 14.2. The monoisotopic (exact) mass is 273 g/mol. The molecule has 0 spiro atoms. The van der Waals surface area contributed by atoms with Gasteiger partial charge in [-0.1, -0.05) is 0 Å². The van der Waals surface area contributed by atoms with E-state index in [1.165, 1.54) is 6.21 Å². The molecule has 2 rings (SSSR count). The number of benzene rings is 1. The molecule has 0 aliphatic rings. The lowest BCUT2D eigenvalue weighted by atomic mass is 10.3. The molecule has 0 saturated heterocycles. The molecule has 0 bridgehead atoms. The average Bonchev–Trinajstić information content (AvgIpc) is 2.99. The van der Waals surface area contributed by atoms with E-state index in [1.807, 2.05) is 12.1 Å². The minimum absolute atomic E-state index is 0.103. The summed E-state index contributed by atoms with van der Waals surface area (Å²) in [5.41, 5.74) is 3.18. The summed E-state index contributed by atoms with van der Waals surface area (Å²) in [6.45, 7) is -0.103. The van der Waals surface area contributed by atoms with Crippen LogP contribution in [0, 0.1) is 0 Å². The van der Waals surface area contributed by atoms with Crippen molar-refractivity contribution >= 4 is 12.1 Å². The van der Waals surface area contributed by atoms with E-state index < -0.39 is 0 Å². The van der Waals surface area contributed by atoms with Gasteiger partial charge in [-0.05, 0) is 36.4 Å². The van der Waals surface area contributed by atoms with Crippen molar-refractivity contribution in [2.24, 2.45) is 5.10 Å². The Bertz CT molecular complexity index is 562. The molecule has 0 fully saturated rings. The number of H-pyrrole nitrogens is 1. The van der Waals surface area contributed by atoms with Gasteiger partial charge in [-0.3, -0.25) is 4.79 Å². The molecule has 0 unspecified atom stereocenters. The Morgan fingerprint density at radius 3 is 2.70 bits per heavy atom. The molecule has 1 heterocycles. The minimum atomic E-state index is -0.330. The fraction of sp³-hybridized carbons (Fsp3) is 0.143. The van der Waals surface area contributed by atoms with Crippen LogP contribution in [-0.4, -0.2) is 30.8 Å². The quantitative estimate of drug-likeness (QED) is 0.619. The van der Waals surface area contributed by atoms with E-state index in [-0.39, 0.29) is 12.5 Å². The Kier molecular flexibility index (Phi) is 4.77. The van der Waals surface area contributed by atoms with Crippen molar-refractivity contribution in [2.75, 3.05) is 13.7 Å².